The second-order valence-electron chi connectivity index (χ2n) is 2.01. The van der Waals surface area contributed by atoms with E-state index >= 15 is 0 Å². The number of hydrogen-bond donors (Lipinski definition) is 2. The van der Waals surface area contributed by atoms with Crippen molar-refractivity contribution in [3.05, 3.63) is 0 Å². The number of nitrogens with two attached hydrogens (primary N) is 1. The van der Waals surface area contributed by atoms with Gasteiger partial charge in [-0.25, -0.2) is 0 Å². The molecule has 0 bridgehead atoms. The molecule has 3 N–H and O–H groups in total. The summed E-state index contributed by atoms with van der Waals surface area (Å²) < 4.78 is 0. The molecule has 0 spiro atoms. The van der Waals surface area contributed by atoms with Crippen molar-refractivity contribution in [2.24, 2.45) is 10.8 Å². The van der Waals surface area contributed by atoms with Crippen molar-refractivity contribution >= 4 is 23.0 Å². The lowest BCUT2D eigenvalue weighted by molar-refractivity contribution is 0.781. The van der Waals surface area contributed by atoms with E-state index in [4.69, 9.17) is 5.73 Å². The van der Waals surface area contributed by atoms with Crippen LogP contribution in [-0.2, 0) is 0 Å². The summed E-state index contributed by atoms with van der Waals surface area (Å²) >= 11 is 4.55. The molecule has 1 saturated carbocycles. The van der Waals surface area contributed by atoms with E-state index in [0.717, 1.165) is 12.8 Å². The van der Waals surface area contributed by atoms with Crippen LogP contribution in [0.2, 0.25) is 0 Å². The Balaban J connectivity index is 2.22. The third-order valence-electron chi connectivity index (χ3n) is 1.25. The summed E-state index contributed by atoms with van der Waals surface area (Å²) in [5, 5.41) is 4.17. The van der Waals surface area contributed by atoms with Gasteiger partial charge in [-0.3, -0.25) is 5.43 Å². The van der Waals surface area contributed by atoms with Crippen molar-refractivity contribution in [2.75, 3.05) is 0 Å². The van der Waals surface area contributed by atoms with Gasteiger partial charge < -0.3 is 5.73 Å². The summed E-state index contributed by atoms with van der Waals surface area (Å²) in [5.74, 6) is 0. The van der Waals surface area contributed by atoms with Crippen LogP contribution in [0.15, 0.2) is 5.10 Å². The summed E-state index contributed by atoms with van der Waals surface area (Å²) in [6, 6.07) is 0. The van der Waals surface area contributed by atoms with E-state index in [9.17, 15) is 0 Å². The standard InChI is InChI=1S/C5H9N3S/c6-5(9)8-7-4-2-1-3-4/h1-3H2,(H3,6,8,9). The number of hydrazone groups is 1. The third kappa shape index (κ3) is 1.97. The first kappa shape index (κ1) is 6.48. The molecule has 3 nitrogen and oxygen atoms in total. The maximum atomic E-state index is 5.13. The van der Waals surface area contributed by atoms with Crippen LogP contribution in [0.25, 0.3) is 0 Å². The number of nitrogens with zero attached hydrogens (tertiary/aromatic N) is 1. The van der Waals surface area contributed by atoms with Crippen molar-refractivity contribution < 1.29 is 0 Å². The highest BCUT2D eigenvalue weighted by Gasteiger charge is 2.09. The molecule has 0 heterocycles. The van der Waals surface area contributed by atoms with Crippen LogP contribution in [0.4, 0.5) is 0 Å². The maximum absolute atomic E-state index is 5.13. The first-order valence-electron chi connectivity index (χ1n) is 2.90. The molecular formula is C5H9N3S. The molecule has 9 heavy (non-hydrogen) atoms. The Hall–Kier alpha value is -0.640. The van der Waals surface area contributed by atoms with Crippen molar-refractivity contribution in [1.82, 2.24) is 5.43 Å². The van der Waals surface area contributed by atoms with Gasteiger partial charge in [0.2, 0.25) is 0 Å². The molecule has 1 fully saturated rings. The summed E-state index contributed by atoms with van der Waals surface area (Å²) in [4.78, 5) is 0. The lowest BCUT2D eigenvalue weighted by Gasteiger charge is -2.13. The van der Waals surface area contributed by atoms with Gasteiger partial charge in [-0.05, 0) is 31.5 Å². The van der Waals surface area contributed by atoms with E-state index in [1.54, 1.807) is 0 Å². The molecule has 0 radical (unpaired) electrons. The zero-order valence-electron chi connectivity index (χ0n) is 5.05. The van der Waals surface area contributed by atoms with Crippen LogP contribution >= 0.6 is 12.2 Å². The fourth-order valence-electron chi connectivity index (χ4n) is 0.581. The summed E-state index contributed by atoms with van der Waals surface area (Å²) in [6.45, 7) is 0. The van der Waals surface area contributed by atoms with Gasteiger partial charge in [0.25, 0.3) is 0 Å². The molecule has 0 aromatic carbocycles. The quantitative estimate of drug-likeness (QED) is 0.411. The molecule has 0 aromatic heterocycles. The largest absolute Gasteiger partial charge is 0.375 e. The highest BCUT2D eigenvalue weighted by Crippen LogP contribution is 2.13. The van der Waals surface area contributed by atoms with Crippen molar-refractivity contribution in [2.45, 2.75) is 19.3 Å². The minimum Gasteiger partial charge on any atom is -0.375 e. The van der Waals surface area contributed by atoms with Gasteiger partial charge in [0, 0.05) is 5.71 Å². The molecule has 0 amide bonds. The monoisotopic (exact) mass is 143 g/mol. The van der Waals surface area contributed by atoms with E-state index < -0.39 is 0 Å². The van der Waals surface area contributed by atoms with E-state index in [1.807, 2.05) is 0 Å². The smallest absolute Gasteiger partial charge is 0.184 e. The Labute approximate surface area is 59.3 Å². The fraction of sp³-hybridized carbons (Fsp3) is 0.600. The topological polar surface area (TPSA) is 50.4 Å². The fourth-order valence-corrected chi connectivity index (χ4v) is 0.626. The predicted molar refractivity (Wildman–Crippen MR) is 41.2 cm³/mol. The summed E-state index contributed by atoms with van der Waals surface area (Å²) in [6.07, 6.45) is 3.43. The normalized spacial score (nSPS) is 16.2. The van der Waals surface area contributed by atoms with Gasteiger partial charge in [-0.1, -0.05) is 0 Å². The minimum atomic E-state index is 0.245. The predicted octanol–water partition coefficient (Wildman–Crippen LogP) is 0.359. The van der Waals surface area contributed by atoms with E-state index in [0.29, 0.717) is 0 Å². The average Bonchev–Trinajstić information content (AvgIpc) is 1.60. The lowest BCUT2D eigenvalue weighted by atomic mass is 9.98. The van der Waals surface area contributed by atoms with Gasteiger partial charge in [0.15, 0.2) is 5.11 Å². The zero-order valence-corrected chi connectivity index (χ0v) is 5.87. The summed E-state index contributed by atoms with van der Waals surface area (Å²) in [5.41, 5.74) is 8.85. The Morgan fingerprint density at radius 1 is 1.67 bits per heavy atom. The van der Waals surface area contributed by atoms with E-state index in [1.165, 1.54) is 12.1 Å². The lowest BCUT2D eigenvalue weighted by Crippen LogP contribution is -2.26. The van der Waals surface area contributed by atoms with Crippen molar-refractivity contribution in [1.29, 1.82) is 0 Å². The van der Waals surface area contributed by atoms with Gasteiger partial charge >= 0.3 is 0 Å². The van der Waals surface area contributed by atoms with Gasteiger partial charge in [0.1, 0.15) is 0 Å². The molecule has 0 aliphatic heterocycles. The second-order valence-corrected chi connectivity index (χ2v) is 2.45. The van der Waals surface area contributed by atoms with Crippen LogP contribution in [-0.4, -0.2) is 10.8 Å². The Kier molecular flexibility index (Phi) is 2.00. The van der Waals surface area contributed by atoms with Crippen molar-refractivity contribution in [3.63, 3.8) is 0 Å². The molecule has 0 aromatic rings. The van der Waals surface area contributed by atoms with Crippen LogP contribution < -0.4 is 11.2 Å². The second kappa shape index (κ2) is 2.77. The summed E-state index contributed by atoms with van der Waals surface area (Å²) in [7, 11) is 0. The molecule has 1 aliphatic carbocycles. The van der Waals surface area contributed by atoms with Gasteiger partial charge in [-0.15, -0.1) is 0 Å². The van der Waals surface area contributed by atoms with E-state index in [-0.39, 0.29) is 5.11 Å². The average molecular weight is 143 g/mol. The molecule has 0 saturated heterocycles. The van der Waals surface area contributed by atoms with Crippen LogP contribution in [0, 0.1) is 0 Å². The van der Waals surface area contributed by atoms with Crippen LogP contribution in [0.5, 0.6) is 0 Å². The Bertz CT molecular complexity index is 146. The minimum absolute atomic E-state index is 0.245. The molecule has 0 atom stereocenters. The number of nitrogens with one attached hydrogen (secondary N) is 1. The first-order chi connectivity index (χ1) is 4.29. The van der Waals surface area contributed by atoms with Gasteiger partial charge in [-0.2, -0.15) is 5.10 Å². The van der Waals surface area contributed by atoms with Crippen molar-refractivity contribution in [3.8, 4) is 0 Å². The number of rotatable bonds is 1. The molecule has 1 aliphatic rings. The number of thiocarbonyl (C=S) groups is 1. The van der Waals surface area contributed by atoms with Crippen LogP contribution in [0.3, 0.4) is 0 Å². The highest BCUT2D eigenvalue weighted by atomic mass is 32.1. The molecule has 1 rings (SSSR count). The first-order valence-corrected chi connectivity index (χ1v) is 3.31. The Morgan fingerprint density at radius 3 is 2.67 bits per heavy atom. The molecule has 0 unspecified atom stereocenters. The highest BCUT2D eigenvalue weighted by molar-refractivity contribution is 7.80. The zero-order chi connectivity index (χ0) is 6.69. The molecule has 4 heteroatoms. The van der Waals surface area contributed by atoms with Gasteiger partial charge in [0.05, 0.1) is 0 Å². The maximum Gasteiger partial charge on any atom is 0.184 e. The van der Waals surface area contributed by atoms with Crippen LogP contribution in [0.1, 0.15) is 19.3 Å². The number of hydrogen-bond acceptors (Lipinski definition) is 2. The van der Waals surface area contributed by atoms with E-state index in [2.05, 4.69) is 22.7 Å². The molecule has 50 valence electrons. The Morgan fingerprint density at radius 2 is 2.33 bits per heavy atom. The molecular weight excluding hydrogens is 134 g/mol. The third-order valence-corrected chi connectivity index (χ3v) is 1.35. The SMILES string of the molecule is NC(=S)NN=C1CCC1.